The van der Waals surface area contributed by atoms with Gasteiger partial charge >= 0.3 is 0 Å². The van der Waals surface area contributed by atoms with Gasteiger partial charge in [0.15, 0.2) is 10.9 Å². The summed E-state index contributed by atoms with van der Waals surface area (Å²) in [6, 6.07) is 8.67. The highest BCUT2D eigenvalue weighted by Gasteiger charge is 2.20. The van der Waals surface area contributed by atoms with E-state index in [4.69, 9.17) is 18.9 Å². The minimum absolute atomic E-state index is 0.0863. The summed E-state index contributed by atoms with van der Waals surface area (Å²) in [4.78, 5) is 32.8. The summed E-state index contributed by atoms with van der Waals surface area (Å²) in [6.07, 6.45) is 1.57. The van der Waals surface area contributed by atoms with Crippen molar-refractivity contribution in [3.05, 3.63) is 68.7 Å². The van der Waals surface area contributed by atoms with E-state index >= 15 is 0 Å². The third-order valence-electron chi connectivity index (χ3n) is 5.19. The van der Waals surface area contributed by atoms with Crippen molar-refractivity contribution in [3.8, 4) is 11.5 Å². The highest BCUT2D eigenvalue weighted by molar-refractivity contribution is 7.99. The maximum absolute atomic E-state index is 13.4. The standard InChI is InChI=1S/C23H22N2O5S2/c1-13-14(2)32-21-20(13)22(27)25(11-16-6-5-9-30-16)23(24-21)31-12-18(26)17-10-15(28-3)7-8-19(17)29-4/h5-10H,11-12H2,1-4H3. The number of hydrogen-bond acceptors (Lipinski definition) is 8. The molecule has 7 nitrogen and oxygen atoms in total. The van der Waals surface area contributed by atoms with E-state index in [1.54, 1.807) is 42.2 Å². The molecule has 1 aromatic carbocycles. The van der Waals surface area contributed by atoms with Gasteiger partial charge < -0.3 is 13.9 Å². The zero-order valence-electron chi connectivity index (χ0n) is 18.1. The number of hydrogen-bond donors (Lipinski definition) is 0. The van der Waals surface area contributed by atoms with Crippen LogP contribution in [0.2, 0.25) is 0 Å². The average Bonchev–Trinajstić information content (AvgIpc) is 3.41. The first-order valence-corrected chi connectivity index (χ1v) is 11.6. The molecular formula is C23H22N2O5S2. The van der Waals surface area contributed by atoms with Crippen LogP contribution in [0.3, 0.4) is 0 Å². The summed E-state index contributed by atoms with van der Waals surface area (Å²) in [5, 5.41) is 1.08. The zero-order valence-corrected chi connectivity index (χ0v) is 19.8. The van der Waals surface area contributed by atoms with Crippen LogP contribution >= 0.6 is 23.1 Å². The number of carbonyl (C=O) groups excluding carboxylic acids is 1. The number of carbonyl (C=O) groups is 1. The van der Waals surface area contributed by atoms with Gasteiger partial charge in [-0.25, -0.2) is 4.98 Å². The summed E-state index contributed by atoms with van der Waals surface area (Å²) in [5.41, 5.74) is 1.22. The lowest BCUT2D eigenvalue weighted by Crippen LogP contribution is -2.24. The topological polar surface area (TPSA) is 83.6 Å². The summed E-state index contributed by atoms with van der Waals surface area (Å²) in [5.74, 6) is 1.61. The Morgan fingerprint density at radius 2 is 2.03 bits per heavy atom. The van der Waals surface area contributed by atoms with Crippen LogP contribution in [-0.4, -0.2) is 35.3 Å². The molecule has 0 unspecified atom stereocenters. The molecule has 166 valence electrons. The van der Waals surface area contributed by atoms with Crippen molar-refractivity contribution in [1.82, 2.24) is 9.55 Å². The zero-order chi connectivity index (χ0) is 22.8. The number of thioether (sulfide) groups is 1. The van der Waals surface area contributed by atoms with Crippen LogP contribution in [0, 0.1) is 13.8 Å². The molecule has 0 saturated carbocycles. The second-order valence-corrected chi connectivity index (χ2v) is 9.25. The lowest BCUT2D eigenvalue weighted by atomic mass is 10.1. The van der Waals surface area contributed by atoms with E-state index in [9.17, 15) is 9.59 Å². The van der Waals surface area contributed by atoms with Gasteiger partial charge in [-0.15, -0.1) is 11.3 Å². The molecule has 0 radical (unpaired) electrons. The molecule has 0 aliphatic rings. The fourth-order valence-corrected chi connectivity index (χ4v) is 5.31. The molecule has 0 aliphatic heterocycles. The number of methoxy groups -OCH3 is 2. The number of Topliss-reactive ketones (excluding diaryl/α,β-unsaturated/α-hetero) is 1. The van der Waals surface area contributed by atoms with Gasteiger partial charge in [0.05, 0.1) is 43.7 Å². The lowest BCUT2D eigenvalue weighted by Gasteiger charge is -2.12. The molecule has 0 saturated heterocycles. The van der Waals surface area contributed by atoms with Crippen molar-refractivity contribution in [1.29, 1.82) is 0 Å². The molecule has 4 aromatic rings. The quantitative estimate of drug-likeness (QED) is 0.209. The predicted octanol–water partition coefficient (Wildman–Crippen LogP) is 4.71. The Morgan fingerprint density at radius 1 is 1.22 bits per heavy atom. The molecule has 0 fully saturated rings. The van der Waals surface area contributed by atoms with Crippen LogP contribution in [0.25, 0.3) is 10.2 Å². The van der Waals surface area contributed by atoms with Gasteiger partial charge in [0.25, 0.3) is 5.56 Å². The van der Waals surface area contributed by atoms with Crippen molar-refractivity contribution in [2.24, 2.45) is 0 Å². The van der Waals surface area contributed by atoms with Crippen molar-refractivity contribution in [3.63, 3.8) is 0 Å². The summed E-state index contributed by atoms with van der Waals surface area (Å²) < 4.78 is 17.6. The Bertz CT molecular complexity index is 1340. The Hall–Kier alpha value is -3.04. The minimum atomic E-state index is -0.150. The van der Waals surface area contributed by atoms with Crippen molar-refractivity contribution >= 4 is 39.1 Å². The van der Waals surface area contributed by atoms with Gasteiger partial charge in [-0.05, 0) is 49.7 Å². The van der Waals surface area contributed by atoms with E-state index < -0.39 is 0 Å². The van der Waals surface area contributed by atoms with Gasteiger partial charge in [0.2, 0.25) is 0 Å². The van der Waals surface area contributed by atoms with E-state index in [0.29, 0.717) is 38.2 Å². The third kappa shape index (κ3) is 4.18. The van der Waals surface area contributed by atoms with E-state index in [1.165, 1.54) is 30.2 Å². The highest BCUT2D eigenvalue weighted by Crippen LogP contribution is 2.30. The van der Waals surface area contributed by atoms with Crippen molar-refractivity contribution in [2.45, 2.75) is 25.5 Å². The van der Waals surface area contributed by atoms with Crippen molar-refractivity contribution in [2.75, 3.05) is 20.0 Å². The van der Waals surface area contributed by atoms with E-state index in [1.807, 2.05) is 19.9 Å². The summed E-state index contributed by atoms with van der Waals surface area (Å²) in [6.45, 7) is 4.14. The molecule has 3 aromatic heterocycles. The fraction of sp³-hybridized carbons (Fsp3) is 0.261. The number of nitrogens with zero attached hydrogens (tertiary/aromatic N) is 2. The molecule has 0 N–H and O–H groups in total. The van der Waals surface area contributed by atoms with Crippen LogP contribution in [0.1, 0.15) is 26.6 Å². The number of furan rings is 1. The smallest absolute Gasteiger partial charge is 0.263 e. The SMILES string of the molecule is COc1ccc(OC)c(C(=O)CSc2nc3sc(C)c(C)c3c(=O)n2Cc2ccco2)c1. The first kappa shape index (κ1) is 22.2. The normalized spacial score (nSPS) is 11.1. The molecule has 9 heteroatoms. The summed E-state index contributed by atoms with van der Waals surface area (Å²) in [7, 11) is 3.06. The number of aryl methyl sites for hydroxylation is 2. The number of ether oxygens (including phenoxy) is 2. The number of rotatable bonds is 8. The van der Waals surface area contributed by atoms with E-state index in [-0.39, 0.29) is 23.6 Å². The molecule has 3 heterocycles. The van der Waals surface area contributed by atoms with Gasteiger partial charge in [-0.3, -0.25) is 14.2 Å². The number of thiophene rings is 1. The number of fused-ring (bicyclic) bond motifs is 1. The van der Waals surface area contributed by atoms with Crippen LogP contribution in [0.15, 0.2) is 51.0 Å². The largest absolute Gasteiger partial charge is 0.497 e. The molecule has 0 amide bonds. The molecule has 32 heavy (non-hydrogen) atoms. The lowest BCUT2D eigenvalue weighted by molar-refractivity contribution is 0.101. The highest BCUT2D eigenvalue weighted by atomic mass is 32.2. The fourth-order valence-electron chi connectivity index (χ4n) is 3.36. The maximum atomic E-state index is 13.4. The molecule has 0 aliphatic carbocycles. The van der Waals surface area contributed by atoms with Crippen LogP contribution in [0.5, 0.6) is 11.5 Å². The average molecular weight is 471 g/mol. The number of benzene rings is 1. The third-order valence-corrected chi connectivity index (χ3v) is 7.26. The monoisotopic (exact) mass is 470 g/mol. The Labute approximate surface area is 193 Å². The van der Waals surface area contributed by atoms with Gasteiger partial charge in [-0.1, -0.05) is 11.8 Å². The molecule has 4 rings (SSSR count). The van der Waals surface area contributed by atoms with Crippen LogP contribution in [-0.2, 0) is 6.54 Å². The molecule has 0 bridgehead atoms. The number of ketones is 1. The first-order chi connectivity index (χ1) is 15.4. The van der Waals surface area contributed by atoms with E-state index in [0.717, 1.165) is 10.4 Å². The minimum Gasteiger partial charge on any atom is -0.497 e. The molecule has 0 atom stereocenters. The second-order valence-electron chi connectivity index (χ2n) is 7.11. The van der Waals surface area contributed by atoms with Crippen LogP contribution in [0.4, 0.5) is 0 Å². The number of aromatic nitrogens is 2. The van der Waals surface area contributed by atoms with Gasteiger partial charge in [0.1, 0.15) is 22.1 Å². The Balaban J connectivity index is 1.71. The van der Waals surface area contributed by atoms with Gasteiger partial charge in [-0.2, -0.15) is 0 Å². The van der Waals surface area contributed by atoms with E-state index in [2.05, 4.69) is 0 Å². The second kappa shape index (κ2) is 9.22. The van der Waals surface area contributed by atoms with Crippen LogP contribution < -0.4 is 15.0 Å². The summed E-state index contributed by atoms with van der Waals surface area (Å²) >= 11 is 2.70. The van der Waals surface area contributed by atoms with Crippen molar-refractivity contribution < 1.29 is 18.7 Å². The predicted molar refractivity (Wildman–Crippen MR) is 126 cm³/mol. The molecular weight excluding hydrogens is 448 g/mol. The Morgan fingerprint density at radius 3 is 2.72 bits per heavy atom. The van der Waals surface area contributed by atoms with Gasteiger partial charge in [0, 0.05) is 4.88 Å². The Kier molecular flexibility index (Phi) is 6.38. The first-order valence-electron chi connectivity index (χ1n) is 9.84. The maximum Gasteiger partial charge on any atom is 0.263 e. The molecule has 0 spiro atoms.